The third-order valence-electron chi connectivity index (χ3n) is 6.13. The number of likely N-dealkylation sites (tertiary alicyclic amines) is 2. The summed E-state index contributed by atoms with van der Waals surface area (Å²) >= 11 is 0. The second-order valence-electron chi connectivity index (χ2n) is 8.45. The highest BCUT2D eigenvalue weighted by Crippen LogP contribution is 2.22. The molecule has 2 saturated heterocycles. The van der Waals surface area contributed by atoms with E-state index in [0.717, 1.165) is 38.8 Å². The topological polar surface area (TPSA) is 49.9 Å². The van der Waals surface area contributed by atoms with Crippen LogP contribution in [0.1, 0.15) is 41.6 Å². The van der Waals surface area contributed by atoms with Gasteiger partial charge in [0.1, 0.15) is 11.6 Å². The molecule has 1 unspecified atom stereocenters. The fourth-order valence-electron chi connectivity index (χ4n) is 4.38. The fourth-order valence-corrected chi connectivity index (χ4v) is 4.38. The highest BCUT2D eigenvalue weighted by Gasteiger charge is 2.25. The van der Waals surface area contributed by atoms with Crippen molar-refractivity contribution in [3.8, 4) is 5.75 Å². The van der Waals surface area contributed by atoms with Gasteiger partial charge in [-0.2, -0.15) is 0 Å². The first-order valence-electron chi connectivity index (χ1n) is 11.1. The normalized spacial score (nSPS) is 18.8. The summed E-state index contributed by atoms with van der Waals surface area (Å²) in [6, 6.07) is 13.8. The van der Waals surface area contributed by atoms with Crippen molar-refractivity contribution in [1.29, 1.82) is 0 Å². The van der Waals surface area contributed by atoms with E-state index in [1.165, 1.54) is 6.07 Å². The van der Waals surface area contributed by atoms with Crippen molar-refractivity contribution in [2.24, 2.45) is 5.92 Å². The van der Waals surface area contributed by atoms with Gasteiger partial charge in [-0.3, -0.25) is 9.59 Å². The van der Waals surface area contributed by atoms with Crippen LogP contribution in [-0.2, 0) is 11.2 Å². The first-order valence-corrected chi connectivity index (χ1v) is 11.1. The zero-order valence-corrected chi connectivity index (χ0v) is 17.8. The molecule has 2 fully saturated rings. The molecule has 2 aromatic carbocycles. The summed E-state index contributed by atoms with van der Waals surface area (Å²) in [6.07, 6.45) is 4.10. The number of piperidine rings is 1. The first kappa shape index (κ1) is 21.3. The summed E-state index contributed by atoms with van der Waals surface area (Å²) in [7, 11) is 0. The Labute approximate surface area is 182 Å². The SMILES string of the molecule is O=C(Cc1ccccc1F)N1CCCC(COc2cccc(C(=O)N3CCCC3)c2)C1. The summed E-state index contributed by atoms with van der Waals surface area (Å²) in [5.41, 5.74) is 1.09. The van der Waals surface area contributed by atoms with Gasteiger partial charge in [-0.1, -0.05) is 24.3 Å². The molecule has 0 radical (unpaired) electrons. The fraction of sp³-hybridized carbons (Fsp3) is 0.440. The molecule has 2 aromatic rings. The molecule has 0 aromatic heterocycles. The van der Waals surface area contributed by atoms with Crippen LogP contribution in [0, 0.1) is 11.7 Å². The maximum absolute atomic E-state index is 13.9. The molecule has 2 heterocycles. The largest absolute Gasteiger partial charge is 0.493 e. The first-order chi connectivity index (χ1) is 15.1. The Kier molecular flexibility index (Phi) is 6.85. The maximum Gasteiger partial charge on any atom is 0.253 e. The van der Waals surface area contributed by atoms with Gasteiger partial charge in [0.2, 0.25) is 5.91 Å². The molecule has 0 bridgehead atoms. The standard InChI is InChI=1S/C25H29FN2O3/c26-23-11-2-1-8-20(23)16-24(29)28-14-6-7-19(17-28)18-31-22-10-5-9-21(15-22)25(30)27-12-3-4-13-27/h1-2,5,8-11,15,19H,3-4,6-7,12-14,16-18H2. The van der Waals surface area contributed by atoms with Crippen LogP contribution in [0.4, 0.5) is 4.39 Å². The number of ether oxygens (including phenoxy) is 1. The molecule has 31 heavy (non-hydrogen) atoms. The van der Waals surface area contributed by atoms with Crippen molar-refractivity contribution in [1.82, 2.24) is 9.80 Å². The van der Waals surface area contributed by atoms with E-state index in [9.17, 15) is 14.0 Å². The van der Waals surface area contributed by atoms with Crippen LogP contribution in [0.5, 0.6) is 5.75 Å². The van der Waals surface area contributed by atoms with Crippen molar-refractivity contribution in [3.05, 3.63) is 65.5 Å². The number of hydrogen-bond acceptors (Lipinski definition) is 3. The minimum atomic E-state index is -0.337. The Morgan fingerprint density at radius 2 is 1.74 bits per heavy atom. The van der Waals surface area contributed by atoms with Crippen molar-refractivity contribution in [3.63, 3.8) is 0 Å². The third-order valence-corrected chi connectivity index (χ3v) is 6.13. The number of carbonyl (C=O) groups is 2. The molecule has 0 N–H and O–H groups in total. The lowest BCUT2D eigenvalue weighted by molar-refractivity contribution is -0.132. The van der Waals surface area contributed by atoms with Crippen LogP contribution >= 0.6 is 0 Å². The molecule has 0 aliphatic carbocycles. The molecule has 0 saturated carbocycles. The van der Waals surface area contributed by atoms with Crippen LogP contribution in [0.15, 0.2) is 48.5 Å². The smallest absolute Gasteiger partial charge is 0.253 e. The maximum atomic E-state index is 13.9. The highest BCUT2D eigenvalue weighted by atomic mass is 19.1. The molecule has 164 valence electrons. The number of halogens is 1. The zero-order valence-electron chi connectivity index (χ0n) is 17.8. The Hall–Kier alpha value is -2.89. The molecular formula is C25H29FN2O3. The predicted octanol–water partition coefficient (Wildman–Crippen LogP) is 3.92. The van der Waals surface area contributed by atoms with Gasteiger partial charge >= 0.3 is 0 Å². The number of benzene rings is 2. The lowest BCUT2D eigenvalue weighted by atomic mass is 9.98. The van der Waals surface area contributed by atoms with Crippen LogP contribution in [0.3, 0.4) is 0 Å². The summed E-state index contributed by atoms with van der Waals surface area (Å²) < 4.78 is 19.9. The average molecular weight is 425 g/mol. The van der Waals surface area contributed by atoms with E-state index in [1.54, 1.807) is 18.2 Å². The number of hydrogen-bond donors (Lipinski definition) is 0. The second-order valence-corrected chi connectivity index (χ2v) is 8.45. The molecular weight excluding hydrogens is 395 g/mol. The number of amides is 2. The van der Waals surface area contributed by atoms with Crippen molar-refractivity contribution >= 4 is 11.8 Å². The molecule has 1 atom stereocenters. The molecule has 2 aliphatic rings. The third kappa shape index (κ3) is 5.43. The number of rotatable bonds is 6. The number of nitrogens with zero attached hydrogens (tertiary/aromatic N) is 2. The average Bonchev–Trinajstić information content (AvgIpc) is 3.34. The van der Waals surface area contributed by atoms with E-state index in [0.29, 0.717) is 36.6 Å². The van der Waals surface area contributed by atoms with Gasteiger partial charge in [0.15, 0.2) is 0 Å². The molecule has 5 nitrogen and oxygen atoms in total. The van der Waals surface area contributed by atoms with Gasteiger partial charge in [0.25, 0.3) is 5.91 Å². The minimum Gasteiger partial charge on any atom is -0.493 e. The lowest BCUT2D eigenvalue weighted by Crippen LogP contribution is -2.42. The highest BCUT2D eigenvalue weighted by molar-refractivity contribution is 5.94. The monoisotopic (exact) mass is 424 g/mol. The Morgan fingerprint density at radius 1 is 0.968 bits per heavy atom. The van der Waals surface area contributed by atoms with Crippen LogP contribution < -0.4 is 4.74 Å². The van der Waals surface area contributed by atoms with Crippen LogP contribution in [0.25, 0.3) is 0 Å². The van der Waals surface area contributed by atoms with E-state index in [4.69, 9.17) is 4.74 Å². The molecule has 2 amide bonds. The predicted molar refractivity (Wildman–Crippen MR) is 116 cm³/mol. The van der Waals surface area contributed by atoms with Gasteiger partial charge in [-0.25, -0.2) is 4.39 Å². The quantitative estimate of drug-likeness (QED) is 0.706. The van der Waals surface area contributed by atoms with Crippen molar-refractivity contribution < 1.29 is 18.7 Å². The van der Waals surface area contributed by atoms with E-state index in [2.05, 4.69) is 0 Å². The minimum absolute atomic E-state index is 0.0481. The van der Waals surface area contributed by atoms with Gasteiger partial charge in [-0.05, 0) is 55.5 Å². The van der Waals surface area contributed by atoms with E-state index < -0.39 is 0 Å². The summed E-state index contributed by atoms with van der Waals surface area (Å²) in [5, 5.41) is 0. The van der Waals surface area contributed by atoms with E-state index >= 15 is 0 Å². The van der Waals surface area contributed by atoms with E-state index in [1.807, 2.05) is 34.1 Å². The van der Waals surface area contributed by atoms with E-state index in [-0.39, 0.29) is 30.0 Å². The van der Waals surface area contributed by atoms with Gasteiger partial charge in [0.05, 0.1) is 13.0 Å². The van der Waals surface area contributed by atoms with Gasteiger partial charge in [-0.15, -0.1) is 0 Å². The zero-order chi connectivity index (χ0) is 21.6. The number of carbonyl (C=O) groups excluding carboxylic acids is 2. The van der Waals surface area contributed by atoms with Gasteiger partial charge < -0.3 is 14.5 Å². The molecule has 4 rings (SSSR count). The Balaban J connectivity index is 1.31. The van der Waals surface area contributed by atoms with Crippen molar-refractivity contribution in [2.75, 3.05) is 32.8 Å². The van der Waals surface area contributed by atoms with Crippen molar-refractivity contribution in [2.45, 2.75) is 32.1 Å². The summed E-state index contributed by atoms with van der Waals surface area (Å²) in [6.45, 7) is 3.44. The van der Waals surface area contributed by atoms with Crippen LogP contribution in [0.2, 0.25) is 0 Å². The molecule has 2 aliphatic heterocycles. The van der Waals surface area contributed by atoms with Crippen LogP contribution in [-0.4, -0.2) is 54.4 Å². The molecule has 6 heteroatoms. The second kappa shape index (κ2) is 9.94. The lowest BCUT2D eigenvalue weighted by Gasteiger charge is -2.32. The summed E-state index contributed by atoms with van der Waals surface area (Å²) in [5.74, 6) is 0.575. The Bertz CT molecular complexity index is 926. The van der Waals surface area contributed by atoms with Gasteiger partial charge in [0, 0.05) is 37.7 Å². The Morgan fingerprint density at radius 3 is 2.55 bits per heavy atom. The molecule has 0 spiro atoms. The summed E-state index contributed by atoms with van der Waals surface area (Å²) in [4.78, 5) is 29.0.